The number of rotatable bonds is 2. The van der Waals surface area contributed by atoms with Gasteiger partial charge in [-0.05, 0) is 6.92 Å². The van der Waals surface area contributed by atoms with Gasteiger partial charge < -0.3 is 9.47 Å². The lowest BCUT2D eigenvalue weighted by Gasteiger charge is -2.08. The van der Waals surface area contributed by atoms with Crippen molar-refractivity contribution in [3.8, 4) is 0 Å². The summed E-state index contributed by atoms with van der Waals surface area (Å²) < 4.78 is 9.92. The van der Waals surface area contributed by atoms with Crippen molar-refractivity contribution in [2.24, 2.45) is 5.92 Å². The average Bonchev–Trinajstić information content (AvgIpc) is 2.20. The molecule has 10 heavy (non-hydrogen) atoms. The summed E-state index contributed by atoms with van der Waals surface area (Å²) in [7, 11) is 0. The molecule has 58 valence electrons. The van der Waals surface area contributed by atoms with E-state index >= 15 is 0 Å². The normalized spacial score (nSPS) is 32.4. The molecule has 2 unspecified atom stereocenters. The van der Waals surface area contributed by atoms with Crippen molar-refractivity contribution in [1.82, 2.24) is 0 Å². The molecule has 1 rings (SSSR count). The fourth-order valence-electron chi connectivity index (χ4n) is 1.03. The maximum Gasteiger partial charge on any atom is 0.335 e. The van der Waals surface area contributed by atoms with E-state index < -0.39 is 0 Å². The van der Waals surface area contributed by atoms with Crippen LogP contribution < -0.4 is 0 Å². The van der Waals surface area contributed by atoms with Crippen LogP contribution in [0.4, 0.5) is 0 Å². The molecule has 2 atom stereocenters. The molecule has 0 aromatic rings. The summed E-state index contributed by atoms with van der Waals surface area (Å²) in [5.74, 6) is 0.00167. The van der Waals surface area contributed by atoms with Crippen LogP contribution in [-0.2, 0) is 14.3 Å². The molecule has 1 aliphatic rings. The Labute approximate surface area is 60.3 Å². The van der Waals surface area contributed by atoms with Crippen LogP contribution in [0.25, 0.3) is 0 Å². The minimum atomic E-state index is -0.315. The first-order chi connectivity index (χ1) is 4.75. The topological polar surface area (TPSA) is 35.5 Å². The first-order valence-corrected chi connectivity index (χ1v) is 3.54. The number of carbonyl (C=O) groups is 1. The maximum absolute atomic E-state index is 10.8. The fraction of sp³-hybridized carbons (Fsp3) is 0.857. The molecule has 3 heteroatoms. The van der Waals surface area contributed by atoms with Gasteiger partial charge in [0.2, 0.25) is 0 Å². The number of carbonyl (C=O) groups excluding carboxylic acids is 1. The Bertz CT molecular complexity index is 133. The molecular weight excluding hydrogens is 132 g/mol. The van der Waals surface area contributed by atoms with E-state index in [0.29, 0.717) is 13.2 Å². The highest BCUT2D eigenvalue weighted by Gasteiger charge is 2.33. The summed E-state index contributed by atoms with van der Waals surface area (Å²) >= 11 is 0. The smallest absolute Gasteiger partial charge is 0.335 e. The van der Waals surface area contributed by atoms with Crippen molar-refractivity contribution in [2.75, 3.05) is 13.2 Å². The molecule has 0 radical (unpaired) electrons. The molecule has 0 bridgehead atoms. The number of hydrogen-bond acceptors (Lipinski definition) is 3. The molecular formula is C7H12O3. The molecule has 0 aromatic heterocycles. The maximum atomic E-state index is 10.8. The van der Waals surface area contributed by atoms with Gasteiger partial charge in [-0.25, -0.2) is 4.79 Å². The fourth-order valence-corrected chi connectivity index (χ4v) is 1.03. The van der Waals surface area contributed by atoms with Crippen LogP contribution in [0.2, 0.25) is 0 Å². The van der Waals surface area contributed by atoms with E-state index in [2.05, 4.69) is 0 Å². The lowest BCUT2D eigenvalue weighted by Crippen LogP contribution is -2.24. The second-order valence-corrected chi connectivity index (χ2v) is 2.48. The molecule has 0 amide bonds. The van der Waals surface area contributed by atoms with Gasteiger partial charge in [-0.1, -0.05) is 6.92 Å². The Morgan fingerprint density at radius 3 is 2.90 bits per heavy atom. The van der Waals surface area contributed by atoms with E-state index in [1.807, 2.05) is 13.8 Å². The summed E-state index contributed by atoms with van der Waals surface area (Å²) in [6.45, 7) is 4.90. The van der Waals surface area contributed by atoms with Crippen LogP contribution in [0.1, 0.15) is 13.8 Å². The van der Waals surface area contributed by atoms with Crippen molar-refractivity contribution in [1.29, 1.82) is 0 Å². The molecule has 0 aromatic carbocycles. The van der Waals surface area contributed by atoms with E-state index in [9.17, 15) is 4.79 Å². The first kappa shape index (κ1) is 7.54. The van der Waals surface area contributed by atoms with Crippen molar-refractivity contribution in [3.63, 3.8) is 0 Å². The average molecular weight is 144 g/mol. The number of esters is 1. The highest BCUT2D eigenvalue weighted by Crippen LogP contribution is 2.16. The van der Waals surface area contributed by atoms with Crippen molar-refractivity contribution in [2.45, 2.75) is 20.0 Å². The summed E-state index contributed by atoms with van der Waals surface area (Å²) in [6, 6.07) is 0. The molecule has 0 spiro atoms. The number of cyclic esters (lactones) is 1. The zero-order valence-corrected chi connectivity index (χ0v) is 6.29. The third kappa shape index (κ3) is 1.29. The Hall–Kier alpha value is -0.570. The van der Waals surface area contributed by atoms with E-state index in [4.69, 9.17) is 9.47 Å². The quantitative estimate of drug-likeness (QED) is 0.532. The summed E-state index contributed by atoms with van der Waals surface area (Å²) in [4.78, 5) is 10.8. The standard InChI is InChI=1S/C7H12O3/c1-3-9-6-5(2)4-10-7(6)8/h5-6H,3-4H2,1-2H3. The lowest BCUT2D eigenvalue weighted by molar-refractivity contribution is -0.147. The van der Waals surface area contributed by atoms with Crippen LogP contribution in [-0.4, -0.2) is 25.3 Å². The molecule has 1 saturated heterocycles. The predicted molar refractivity (Wildman–Crippen MR) is 35.5 cm³/mol. The van der Waals surface area contributed by atoms with Crippen molar-refractivity contribution < 1.29 is 14.3 Å². The van der Waals surface area contributed by atoms with E-state index in [1.54, 1.807) is 0 Å². The van der Waals surface area contributed by atoms with Crippen LogP contribution in [0.15, 0.2) is 0 Å². The van der Waals surface area contributed by atoms with Crippen molar-refractivity contribution >= 4 is 5.97 Å². The van der Waals surface area contributed by atoms with E-state index in [1.165, 1.54) is 0 Å². The lowest BCUT2D eigenvalue weighted by atomic mass is 10.1. The van der Waals surface area contributed by atoms with Crippen LogP contribution in [0.3, 0.4) is 0 Å². The zero-order chi connectivity index (χ0) is 7.56. The number of ether oxygens (including phenoxy) is 2. The highest BCUT2D eigenvalue weighted by molar-refractivity contribution is 5.76. The molecule has 0 N–H and O–H groups in total. The van der Waals surface area contributed by atoms with Gasteiger partial charge in [0, 0.05) is 12.5 Å². The molecule has 0 aliphatic carbocycles. The van der Waals surface area contributed by atoms with Gasteiger partial charge in [-0.2, -0.15) is 0 Å². The van der Waals surface area contributed by atoms with Gasteiger partial charge >= 0.3 is 5.97 Å². The molecule has 1 fully saturated rings. The molecule has 0 saturated carbocycles. The SMILES string of the molecule is CCOC1C(=O)OCC1C. The van der Waals surface area contributed by atoms with E-state index in [-0.39, 0.29) is 18.0 Å². The monoisotopic (exact) mass is 144 g/mol. The Kier molecular flexibility index (Phi) is 2.27. The third-order valence-electron chi connectivity index (χ3n) is 1.58. The minimum Gasteiger partial charge on any atom is -0.463 e. The first-order valence-electron chi connectivity index (χ1n) is 3.54. The highest BCUT2D eigenvalue weighted by atomic mass is 16.6. The largest absolute Gasteiger partial charge is 0.463 e. The van der Waals surface area contributed by atoms with Gasteiger partial charge in [0.25, 0.3) is 0 Å². The van der Waals surface area contributed by atoms with Gasteiger partial charge in [0.05, 0.1) is 6.61 Å². The molecule has 1 aliphatic heterocycles. The molecule has 1 heterocycles. The second-order valence-electron chi connectivity index (χ2n) is 2.48. The van der Waals surface area contributed by atoms with Gasteiger partial charge in [0.15, 0.2) is 6.10 Å². The second kappa shape index (κ2) is 3.01. The number of hydrogen-bond donors (Lipinski definition) is 0. The predicted octanol–water partition coefficient (Wildman–Crippen LogP) is 0.584. The van der Waals surface area contributed by atoms with Gasteiger partial charge in [-0.15, -0.1) is 0 Å². The van der Waals surface area contributed by atoms with Crippen molar-refractivity contribution in [3.05, 3.63) is 0 Å². The van der Waals surface area contributed by atoms with Crippen LogP contribution >= 0.6 is 0 Å². The van der Waals surface area contributed by atoms with E-state index in [0.717, 1.165) is 0 Å². The van der Waals surface area contributed by atoms with Crippen LogP contribution in [0, 0.1) is 5.92 Å². The van der Waals surface area contributed by atoms with Gasteiger partial charge in [-0.3, -0.25) is 0 Å². The Balaban J connectivity index is 2.46. The molecule has 3 nitrogen and oxygen atoms in total. The minimum absolute atomic E-state index is 0.214. The summed E-state index contributed by atoms with van der Waals surface area (Å²) in [6.07, 6.45) is -0.315. The Morgan fingerprint density at radius 1 is 1.80 bits per heavy atom. The summed E-state index contributed by atoms with van der Waals surface area (Å²) in [5.41, 5.74) is 0. The summed E-state index contributed by atoms with van der Waals surface area (Å²) in [5, 5.41) is 0. The van der Waals surface area contributed by atoms with Crippen LogP contribution in [0.5, 0.6) is 0 Å². The Morgan fingerprint density at radius 2 is 2.50 bits per heavy atom. The third-order valence-corrected chi connectivity index (χ3v) is 1.58. The zero-order valence-electron chi connectivity index (χ0n) is 6.29. The van der Waals surface area contributed by atoms with Gasteiger partial charge in [0.1, 0.15) is 0 Å².